The number of H-pyrrole nitrogens is 1. The molecule has 0 bridgehead atoms. The van der Waals surface area contributed by atoms with Gasteiger partial charge in [0.2, 0.25) is 0 Å². The molecule has 0 radical (unpaired) electrons. The topological polar surface area (TPSA) is 60.9 Å². The maximum Gasteiger partial charge on any atom is 0.121 e. The Kier molecular flexibility index (Phi) is 2.73. The lowest BCUT2D eigenvalue weighted by Crippen LogP contribution is -2.25. The van der Waals surface area contributed by atoms with E-state index in [0.717, 1.165) is 23.4 Å². The Morgan fingerprint density at radius 3 is 3.00 bits per heavy atom. The highest BCUT2D eigenvalue weighted by Gasteiger charge is 2.14. The maximum atomic E-state index is 9.38. The molecule has 1 saturated carbocycles. The summed E-state index contributed by atoms with van der Waals surface area (Å²) in [6, 6.07) is 5.86. The molecule has 90 valence electrons. The molecule has 0 spiro atoms. The Morgan fingerprint density at radius 1 is 1.35 bits per heavy atom. The van der Waals surface area contributed by atoms with E-state index in [9.17, 15) is 5.11 Å². The average molecular weight is 231 g/mol. The predicted octanol–water partition coefficient (Wildman–Crippen LogP) is 2.30. The summed E-state index contributed by atoms with van der Waals surface area (Å²) in [5.41, 5.74) is 1.80. The molecular formula is C13H17N3O. The Balaban J connectivity index is 1.72. The number of phenols is 1. The SMILES string of the molecule is Oc1ccc2nc(CNC3CCCC3)[nH]c2c1. The van der Waals surface area contributed by atoms with Gasteiger partial charge in [-0.2, -0.15) is 0 Å². The van der Waals surface area contributed by atoms with Gasteiger partial charge in [-0.3, -0.25) is 0 Å². The Labute approximate surface area is 100 Å². The van der Waals surface area contributed by atoms with Crippen molar-refractivity contribution in [3.05, 3.63) is 24.0 Å². The van der Waals surface area contributed by atoms with Gasteiger partial charge < -0.3 is 15.4 Å². The standard InChI is InChI=1S/C13H17N3O/c17-10-5-6-11-12(7-10)16-13(15-11)8-14-9-3-1-2-4-9/h5-7,9,14,17H,1-4,8H2,(H,15,16). The minimum atomic E-state index is 0.274. The molecule has 17 heavy (non-hydrogen) atoms. The first-order valence-electron chi connectivity index (χ1n) is 6.22. The largest absolute Gasteiger partial charge is 0.508 e. The van der Waals surface area contributed by atoms with Crippen molar-refractivity contribution >= 4 is 11.0 Å². The number of nitrogens with one attached hydrogen (secondary N) is 2. The third-order valence-electron chi connectivity index (χ3n) is 3.43. The van der Waals surface area contributed by atoms with E-state index in [0.29, 0.717) is 6.04 Å². The van der Waals surface area contributed by atoms with Crippen molar-refractivity contribution in [2.75, 3.05) is 0 Å². The van der Waals surface area contributed by atoms with Gasteiger partial charge in [-0.25, -0.2) is 4.98 Å². The number of fused-ring (bicyclic) bond motifs is 1. The minimum absolute atomic E-state index is 0.274. The van der Waals surface area contributed by atoms with Gasteiger partial charge in [0.25, 0.3) is 0 Å². The summed E-state index contributed by atoms with van der Waals surface area (Å²) in [5, 5.41) is 12.9. The molecule has 1 aromatic carbocycles. The van der Waals surface area contributed by atoms with Crippen LogP contribution in [0.4, 0.5) is 0 Å². The Hall–Kier alpha value is -1.55. The van der Waals surface area contributed by atoms with Gasteiger partial charge in [0, 0.05) is 12.1 Å². The number of imidazole rings is 1. The van der Waals surface area contributed by atoms with E-state index in [2.05, 4.69) is 15.3 Å². The van der Waals surface area contributed by atoms with Crippen molar-refractivity contribution in [2.24, 2.45) is 0 Å². The summed E-state index contributed by atoms with van der Waals surface area (Å²) in [7, 11) is 0. The van der Waals surface area contributed by atoms with Crippen LogP contribution in [0.15, 0.2) is 18.2 Å². The first kappa shape index (κ1) is 10.6. The van der Waals surface area contributed by atoms with Gasteiger partial charge in [-0.05, 0) is 25.0 Å². The van der Waals surface area contributed by atoms with Gasteiger partial charge in [-0.15, -0.1) is 0 Å². The third-order valence-corrected chi connectivity index (χ3v) is 3.43. The summed E-state index contributed by atoms with van der Waals surface area (Å²) in [6.45, 7) is 0.778. The third kappa shape index (κ3) is 2.26. The zero-order valence-electron chi connectivity index (χ0n) is 9.74. The van der Waals surface area contributed by atoms with Crippen molar-refractivity contribution in [2.45, 2.75) is 38.3 Å². The molecule has 2 aromatic rings. The molecule has 0 aliphatic heterocycles. The van der Waals surface area contributed by atoms with Crippen LogP contribution in [0.3, 0.4) is 0 Å². The molecule has 1 aliphatic rings. The zero-order chi connectivity index (χ0) is 11.7. The predicted molar refractivity (Wildman–Crippen MR) is 66.9 cm³/mol. The lowest BCUT2D eigenvalue weighted by Gasteiger charge is -2.09. The molecule has 0 unspecified atom stereocenters. The van der Waals surface area contributed by atoms with E-state index < -0.39 is 0 Å². The normalized spacial score (nSPS) is 16.9. The van der Waals surface area contributed by atoms with E-state index >= 15 is 0 Å². The van der Waals surface area contributed by atoms with Crippen LogP contribution in [0.25, 0.3) is 11.0 Å². The summed E-state index contributed by atoms with van der Waals surface area (Å²) < 4.78 is 0. The maximum absolute atomic E-state index is 9.38. The van der Waals surface area contributed by atoms with Crippen LogP contribution in [0.2, 0.25) is 0 Å². The minimum Gasteiger partial charge on any atom is -0.508 e. The van der Waals surface area contributed by atoms with E-state index in [4.69, 9.17) is 0 Å². The molecule has 3 N–H and O–H groups in total. The van der Waals surface area contributed by atoms with Crippen molar-refractivity contribution in [3.63, 3.8) is 0 Å². The second-order valence-corrected chi connectivity index (χ2v) is 4.75. The van der Waals surface area contributed by atoms with Gasteiger partial charge in [0.15, 0.2) is 0 Å². The second kappa shape index (κ2) is 4.37. The van der Waals surface area contributed by atoms with Crippen LogP contribution in [-0.4, -0.2) is 21.1 Å². The van der Waals surface area contributed by atoms with E-state index in [1.807, 2.05) is 6.07 Å². The highest BCUT2D eigenvalue weighted by molar-refractivity contribution is 5.76. The van der Waals surface area contributed by atoms with Crippen molar-refractivity contribution in [1.82, 2.24) is 15.3 Å². The Morgan fingerprint density at radius 2 is 2.18 bits per heavy atom. The summed E-state index contributed by atoms with van der Waals surface area (Å²) in [4.78, 5) is 7.71. The van der Waals surface area contributed by atoms with E-state index in [1.54, 1.807) is 12.1 Å². The van der Waals surface area contributed by atoms with Crippen molar-refractivity contribution in [3.8, 4) is 5.75 Å². The first-order valence-corrected chi connectivity index (χ1v) is 6.22. The molecule has 4 heteroatoms. The lowest BCUT2D eigenvalue weighted by atomic mass is 10.2. The first-order chi connectivity index (χ1) is 8.31. The number of phenolic OH excluding ortho intramolecular Hbond substituents is 1. The molecule has 0 atom stereocenters. The molecule has 0 amide bonds. The molecule has 3 rings (SSSR count). The smallest absolute Gasteiger partial charge is 0.121 e. The number of hydrogen-bond acceptors (Lipinski definition) is 3. The molecule has 1 fully saturated rings. The van der Waals surface area contributed by atoms with Gasteiger partial charge >= 0.3 is 0 Å². The van der Waals surface area contributed by atoms with Gasteiger partial charge in [0.05, 0.1) is 17.6 Å². The monoisotopic (exact) mass is 231 g/mol. The average Bonchev–Trinajstić information content (AvgIpc) is 2.94. The van der Waals surface area contributed by atoms with Crippen molar-refractivity contribution < 1.29 is 5.11 Å². The van der Waals surface area contributed by atoms with E-state index in [-0.39, 0.29) is 5.75 Å². The van der Waals surface area contributed by atoms with Crippen LogP contribution in [0, 0.1) is 0 Å². The number of nitrogens with zero attached hydrogens (tertiary/aromatic N) is 1. The highest BCUT2D eigenvalue weighted by atomic mass is 16.3. The number of rotatable bonds is 3. The van der Waals surface area contributed by atoms with Crippen LogP contribution in [0.1, 0.15) is 31.5 Å². The van der Waals surface area contributed by atoms with Crippen molar-refractivity contribution in [1.29, 1.82) is 0 Å². The number of benzene rings is 1. The van der Waals surface area contributed by atoms with Gasteiger partial charge in [0.1, 0.15) is 11.6 Å². The lowest BCUT2D eigenvalue weighted by molar-refractivity contribution is 0.476. The fourth-order valence-corrected chi connectivity index (χ4v) is 2.51. The number of aromatic amines is 1. The fourth-order valence-electron chi connectivity index (χ4n) is 2.51. The molecule has 1 aromatic heterocycles. The summed E-state index contributed by atoms with van der Waals surface area (Å²) >= 11 is 0. The molecule has 1 aliphatic carbocycles. The summed E-state index contributed by atoms with van der Waals surface area (Å²) in [6.07, 6.45) is 5.24. The second-order valence-electron chi connectivity index (χ2n) is 4.75. The quantitative estimate of drug-likeness (QED) is 0.759. The zero-order valence-corrected chi connectivity index (χ0v) is 9.74. The summed E-state index contributed by atoms with van der Waals surface area (Å²) in [5.74, 6) is 1.22. The Bertz CT molecular complexity index is 514. The van der Waals surface area contributed by atoms with Crippen LogP contribution < -0.4 is 5.32 Å². The highest BCUT2D eigenvalue weighted by Crippen LogP contribution is 2.19. The van der Waals surface area contributed by atoms with Crippen LogP contribution >= 0.6 is 0 Å². The molecule has 0 saturated heterocycles. The van der Waals surface area contributed by atoms with Gasteiger partial charge in [-0.1, -0.05) is 12.8 Å². The van der Waals surface area contributed by atoms with E-state index in [1.165, 1.54) is 25.7 Å². The van der Waals surface area contributed by atoms with Crippen LogP contribution in [0.5, 0.6) is 5.75 Å². The number of aromatic nitrogens is 2. The molecule has 4 nitrogen and oxygen atoms in total. The molecule has 1 heterocycles. The molecular weight excluding hydrogens is 214 g/mol. The number of hydrogen-bond donors (Lipinski definition) is 3. The van der Waals surface area contributed by atoms with Crippen LogP contribution in [-0.2, 0) is 6.54 Å². The fraction of sp³-hybridized carbons (Fsp3) is 0.462. The number of aromatic hydroxyl groups is 1.